The largest absolute Gasteiger partial charge is 0.481 e. The zero-order valence-corrected chi connectivity index (χ0v) is 10.9. The Bertz CT molecular complexity index is 332. The second kappa shape index (κ2) is 5.59. The van der Waals surface area contributed by atoms with E-state index in [2.05, 4.69) is 12.2 Å². The van der Waals surface area contributed by atoms with E-state index in [0.29, 0.717) is 25.4 Å². The van der Waals surface area contributed by atoms with Gasteiger partial charge in [0, 0.05) is 19.1 Å². The van der Waals surface area contributed by atoms with E-state index in [1.165, 1.54) is 12.8 Å². The number of amides is 2. The molecule has 18 heavy (non-hydrogen) atoms. The van der Waals surface area contributed by atoms with Gasteiger partial charge in [0.05, 0.1) is 5.92 Å². The first-order chi connectivity index (χ1) is 8.58. The second-order valence-electron chi connectivity index (χ2n) is 5.59. The van der Waals surface area contributed by atoms with E-state index < -0.39 is 11.9 Å². The Morgan fingerprint density at radius 3 is 2.61 bits per heavy atom. The summed E-state index contributed by atoms with van der Waals surface area (Å²) in [7, 11) is 0. The zero-order valence-electron chi connectivity index (χ0n) is 10.9. The van der Waals surface area contributed by atoms with E-state index in [-0.39, 0.29) is 12.1 Å². The molecular formula is C13H22N2O3. The lowest BCUT2D eigenvalue weighted by Gasteiger charge is -2.32. The summed E-state index contributed by atoms with van der Waals surface area (Å²) in [5, 5.41) is 12.1. The van der Waals surface area contributed by atoms with Crippen molar-refractivity contribution in [2.24, 2.45) is 11.8 Å². The van der Waals surface area contributed by atoms with Gasteiger partial charge in [0.1, 0.15) is 0 Å². The Kier molecular flexibility index (Phi) is 4.09. The molecule has 1 saturated carbocycles. The smallest absolute Gasteiger partial charge is 0.317 e. The number of likely N-dealkylation sites (tertiary alicyclic amines) is 1. The molecule has 2 rings (SSSR count). The summed E-state index contributed by atoms with van der Waals surface area (Å²) in [5.41, 5.74) is 0. The van der Waals surface area contributed by atoms with Gasteiger partial charge in [-0.25, -0.2) is 4.79 Å². The standard InChI is InChI=1S/C13H22N2O3/c1-9-4-2-6-11(9)14-13(18)15-7-3-5-10(8-15)12(16)17/h9-11H,2-8H2,1H3,(H,14,18)(H,16,17)/t9?,10-,11?/m0/s1. The van der Waals surface area contributed by atoms with E-state index >= 15 is 0 Å². The quantitative estimate of drug-likeness (QED) is 0.787. The van der Waals surface area contributed by atoms with Crippen LogP contribution in [0.15, 0.2) is 0 Å². The zero-order chi connectivity index (χ0) is 13.1. The lowest BCUT2D eigenvalue weighted by Crippen LogP contribution is -2.50. The molecular weight excluding hydrogens is 232 g/mol. The van der Waals surface area contributed by atoms with Crippen molar-refractivity contribution in [1.29, 1.82) is 0 Å². The summed E-state index contributed by atoms with van der Waals surface area (Å²) in [5.74, 6) is -0.652. The summed E-state index contributed by atoms with van der Waals surface area (Å²) in [4.78, 5) is 24.7. The molecule has 2 amide bonds. The van der Waals surface area contributed by atoms with Gasteiger partial charge in [-0.2, -0.15) is 0 Å². The molecule has 1 saturated heterocycles. The average Bonchev–Trinajstić information content (AvgIpc) is 2.75. The Balaban J connectivity index is 1.86. The Morgan fingerprint density at radius 1 is 1.22 bits per heavy atom. The molecule has 2 fully saturated rings. The molecule has 1 heterocycles. The number of nitrogens with one attached hydrogen (secondary N) is 1. The van der Waals surface area contributed by atoms with Crippen molar-refractivity contribution in [3.63, 3.8) is 0 Å². The van der Waals surface area contributed by atoms with Gasteiger partial charge in [0.2, 0.25) is 0 Å². The molecule has 0 aromatic carbocycles. The summed E-state index contributed by atoms with van der Waals surface area (Å²) < 4.78 is 0. The predicted molar refractivity (Wildman–Crippen MR) is 67.3 cm³/mol. The van der Waals surface area contributed by atoms with Crippen molar-refractivity contribution in [2.75, 3.05) is 13.1 Å². The Hall–Kier alpha value is -1.26. The lowest BCUT2D eigenvalue weighted by atomic mass is 9.98. The average molecular weight is 254 g/mol. The summed E-state index contributed by atoms with van der Waals surface area (Å²) >= 11 is 0. The number of aliphatic carboxylic acids is 1. The van der Waals surface area contributed by atoms with E-state index in [9.17, 15) is 9.59 Å². The van der Waals surface area contributed by atoms with Gasteiger partial charge in [0.15, 0.2) is 0 Å². The van der Waals surface area contributed by atoms with Gasteiger partial charge in [-0.05, 0) is 31.6 Å². The topological polar surface area (TPSA) is 69.6 Å². The molecule has 0 spiro atoms. The number of carbonyl (C=O) groups excluding carboxylic acids is 1. The third kappa shape index (κ3) is 2.94. The van der Waals surface area contributed by atoms with Crippen LogP contribution < -0.4 is 5.32 Å². The molecule has 1 aliphatic heterocycles. The van der Waals surface area contributed by atoms with E-state index in [4.69, 9.17) is 5.11 Å². The van der Waals surface area contributed by atoms with Crippen LogP contribution in [0, 0.1) is 11.8 Å². The Morgan fingerprint density at radius 2 is 2.00 bits per heavy atom. The minimum absolute atomic E-state index is 0.0836. The third-order valence-electron chi connectivity index (χ3n) is 4.23. The van der Waals surface area contributed by atoms with Gasteiger partial charge in [-0.3, -0.25) is 4.79 Å². The molecule has 3 atom stereocenters. The molecule has 0 radical (unpaired) electrons. The fourth-order valence-corrected chi connectivity index (χ4v) is 2.97. The fourth-order valence-electron chi connectivity index (χ4n) is 2.97. The van der Waals surface area contributed by atoms with Crippen LogP contribution in [-0.4, -0.2) is 41.1 Å². The third-order valence-corrected chi connectivity index (χ3v) is 4.23. The highest BCUT2D eigenvalue weighted by Crippen LogP contribution is 2.25. The van der Waals surface area contributed by atoms with Gasteiger partial charge in [-0.15, -0.1) is 0 Å². The molecule has 1 aliphatic carbocycles. The monoisotopic (exact) mass is 254 g/mol. The first-order valence-electron chi connectivity index (χ1n) is 6.86. The van der Waals surface area contributed by atoms with Crippen molar-refractivity contribution in [1.82, 2.24) is 10.2 Å². The molecule has 2 aliphatic rings. The van der Waals surface area contributed by atoms with Crippen LogP contribution in [0.3, 0.4) is 0 Å². The summed E-state index contributed by atoms with van der Waals surface area (Å²) in [6, 6.07) is 0.183. The second-order valence-corrected chi connectivity index (χ2v) is 5.59. The maximum atomic E-state index is 12.1. The number of hydrogen-bond acceptors (Lipinski definition) is 2. The minimum Gasteiger partial charge on any atom is -0.481 e. The highest BCUT2D eigenvalue weighted by Gasteiger charge is 2.31. The van der Waals surface area contributed by atoms with Gasteiger partial charge < -0.3 is 15.3 Å². The summed E-state index contributed by atoms with van der Waals surface area (Å²) in [6.45, 7) is 3.19. The minimum atomic E-state index is -0.790. The molecule has 0 bridgehead atoms. The number of carboxylic acids is 1. The molecule has 0 aromatic rings. The van der Waals surface area contributed by atoms with Crippen molar-refractivity contribution in [2.45, 2.75) is 45.1 Å². The van der Waals surface area contributed by atoms with Gasteiger partial charge in [-0.1, -0.05) is 13.3 Å². The maximum absolute atomic E-state index is 12.1. The lowest BCUT2D eigenvalue weighted by molar-refractivity contribution is -0.143. The Labute approximate surface area is 108 Å². The maximum Gasteiger partial charge on any atom is 0.317 e. The summed E-state index contributed by atoms with van der Waals surface area (Å²) in [6.07, 6.45) is 4.85. The molecule has 5 nitrogen and oxygen atoms in total. The number of hydrogen-bond donors (Lipinski definition) is 2. The highest BCUT2D eigenvalue weighted by molar-refractivity contribution is 5.76. The van der Waals surface area contributed by atoms with Crippen LogP contribution in [0.1, 0.15) is 39.0 Å². The van der Waals surface area contributed by atoms with Crippen molar-refractivity contribution < 1.29 is 14.7 Å². The fraction of sp³-hybridized carbons (Fsp3) is 0.846. The van der Waals surface area contributed by atoms with Crippen LogP contribution >= 0.6 is 0 Å². The number of piperidine rings is 1. The van der Waals surface area contributed by atoms with Crippen LogP contribution in [0.25, 0.3) is 0 Å². The van der Waals surface area contributed by atoms with Crippen LogP contribution in [-0.2, 0) is 4.79 Å². The van der Waals surface area contributed by atoms with Crippen LogP contribution in [0.2, 0.25) is 0 Å². The number of carbonyl (C=O) groups is 2. The van der Waals surface area contributed by atoms with E-state index in [0.717, 1.165) is 12.8 Å². The van der Waals surface area contributed by atoms with E-state index in [1.54, 1.807) is 4.90 Å². The normalized spacial score (nSPS) is 32.3. The van der Waals surface area contributed by atoms with Gasteiger partial charge >= 0.3 is 12.0 Å². The number of urea groups is 1. The SMILES string of the molecule is CC1CCCC1NC(=O)N1CCC[C@H](C(=O)O)C1. The first kappa shape index (κ1) is 13.2. The molecule has 102 valence electrons. The molecule has 5 heteroatoms. The van der Waals surface area contributed by atoms with Crippen molar-refractivity contribution in [3.05, 3.63) is 0 Å². The molecule has 2 unspecified atom stereocenters. The molecule has 2 N–H and O–H groups in total. The van der Waals surface area contributed by atoms with Crippen molar-refractivity contribution >= 4 is 12.0 Å². The van der Waals surface area contributed by atoms with E-state index in [1.807, 2.05) is 0 Å². The predicted octanol–water partition coefficient (Wildman–Crippen LogP) is 1.68. The van der Waals surface area contributed by atoms with Crippen molar-refractivity contribution in [3.8, 4) is 0 Å². The van der Waals surface area contributed by atoms with Crippen LogP contribution in [0.4, 0.5) is 4.79 Å². The first-order valence-corrected chi connectivity index (χ1v) is 6.86. The number of nitrogens with zero attached hydrogens (tertiary/aromatic N) is 1. The highest BCUT2D eigenvalue weighted by atomic mass is 16.4. The molecule has 0 aromatic heterocycles. The van der Waals surface area contributed by atoms with Crippen LogP contribution in [0.5, 0.6) is 0 Å². The van der Waals surface area contributed by atoms with Gasteiger partial charge in [0.25, 0.3) is 0 Å². The number of rotatable bonds is 2. The number of carboxylic acid groups (broad SMARTS) is 1.